The van der Waals surface area contributed by atoms with Gasteiger partial charge in [0.15, 0.2) is 0 Å². The molecule has 84 valence electrons. The van der Waals surface area contributed by atoms with E-state index in [1.807, 2.05) is 0 Å². The molecule has 0 rings (SSSR count). The highest BCUT2D eigenvalue weighted by Gasteiger charge is 2.16. The zero-order valence-electron chi connectivity index (χ0n) is 10.1. The number of rotatable bonds is 8. The molecular weight excluding hydrogens is 172 g/mol. The fourth-order valence-electron chi connectivity index (χ4n) is 1.74. The SMILES string of the molecule is C=C(CC)CC(O)C(CC)CCCC. The second kappa shape index (κ2) is 8.05. The molecule has 14 heavy (non-hydrogen) atoms. The predicted molar refractivity (Wildman–Crippen MR) is 63.4 cm³/mol. The summed E-state index contributed by atoms with van der Waals surface area (Å²) in [5.74, 6) is 0.471. The van der Waals surface area contributed by atoms with E-state index in [1.54, 1.807) is 0 Å². The Hall–Kier alpha value is -0.300. The van der Waals surface area contributed by atoms with E-state index in [9.17, 15) is 5.11 Å². The Morgan fingerprint density at radius 3 is 2.36 bits per heavy atom. The molecule has 0 spiro atoms. The van der Waals surface area contributed by atoms with E-state index >= 15 is 0 Å². The van der Waals surface area contributed by atoms with Crippen molar-refractivity contribution >= 4 is 0 Å². The Morgan fingerprint density at radius 2 is 1.93 bits per heavy atom. The normalized spacial score (nSPS) is 15.1. The molecule has 0 amide bonds. The van der Waals surface area contributed by atoms with E-state index in [-0.39, 0.29) is 6.10 Å². The zero-order valence-corrected chi connectivity index (χ0v) is 10.1. The van der Waals surface area contributed by atoms with E-state index in [0.29, 0.717) is 5.92 Å². The molecule has 0 aliphatic heterocycles. The van der Waals surface area contributed by atoms with Gasteiger partial charge in [-0.05, 0) is 25.2 Å². The van der Waals surface area contributed by atoms with Crippen molar-refractivity contribution in [2.24, 2.45) is 5.92 Å². The minimum absolute atomic E-state index is 0.168. The summed E-state index contributed by atoms with van der Waals surface area (Å²) in [6, 6.07) is 0. The predicted octanol–water partition coefficient (Wildman–Crippen LogP) is 3.92. The van der Waals surface area contributed by atoms with Crippen molar-refractivity contribution in [3.63, 3.8) is 0 Å². The molecule has 2 unspecified atom stereocenters. The number of aliphatic hydroxyl groups is 1. The van der Waals surface area contributed by atoms with Gasteiger partial charge < -0.3 is 5.11 Å². The lowest BCUT2D eigenvalue weighted by atomic mass is 9.89. The Kier molecular flexibility index (Phi) is 7.87. The number of aliphatic hydroxyl groups excluding tert-OH is 1. The van der Waals surface area contributed by atoms with Crippen LogP contribution in [0.2, 0.25) is 0 Å². The van der Waals surface area contributed by atoms with Gasteiger partial charge in [-0.2, -0.15) is 0 Å². The molecule has 1 heteroatoms. The van der Waals surface area contributed by atoms with Gasteiger partial charge >= 0.3 is 0 Å². The Morgan fingerprint density at radius 1 is 1.29 bits per heavy atom. The fourth-order valence-corrected chi connectivity index (χ4v) is 1.74. The smallest absolute Gasteiger partial charge is 0.0605 e. The molecule has 0 saturated heterocycles. The summed E-state index contributed by atoms with van der Waals surface area (Å²) in [5, 5.41) is 9.98. The lowest BCUT2D eigenvalue weighted by Gasteiger charge is -2.22. The Bertz CT molecular complexity index is 151. The molecule has 0 aromatic heterocycles. The molecule has 0 aromatic carbocycles. The average Bonchev–Trinajstić information content (AvgIpc) is 2.18. The van der Waals surface area contributed by atoms with Crippen LogP contribution in [0.4, 0.5) is 0 Å². The first-order valence-corrected chi connectivity index (χ1v) is 6.00. The third-order valence-corrected chi connectivity index (χ3v) is 2.99. The van der Waals surface area contributed by atoms with Gasteiger partial charge in [0.1, 0.15) is 0 Å². The lowest BCUT2D eigenvalue weighted by molar-refractivity contribution is 0.0982. The highest BCUT2D eigenvalue weighted by Crippen LogP contribution is 2.22. The fraction of sp³-hybridized carbons (Fsp3) is 0.846. The third-order valence-electron chi connectivity index (χ3n) is 2.99. The van der Waals surface area contributed by atoms with E-state index < -0.39 is 0 Å². The van der Waals surface area contributed by atoms with E-state index in [2.05, 4.69) is 27.4 Å². The van der Waals surface area contributed by atoms with Gasteiger partial charge in [-0.1, -0.05) is 52.2 Å². The minimum atomic E-state index is -0.168. The van der Waals surface area contributed by atoms with Gasteiger partial charge in [0.25, 0.3) is 0 Å². The summed E-state index contributed by atoms with van der Waals surface area (Å²) >= 11 is 0. The standard InChI is InChI=1S/C13H26O/c1-5-8-9-12(7-3)13(14)10-11(4)6-2/h12-14H,4-10H2,1-3H3. The van der Waals surface area contributed by atoms with Crippen molar-refractivity contribution in [2.45, 2.75) is 65.4 Å². The molecule has 0 bridgehead atoms. The monoisotopic (exact) mass is 198 g/mol. The molecule has 2 atom stereocenters. The summed E-state index contributed by atoms with van der Waals surface area (Å²) in [6.07, 6.45) is 6.30. The van der Waals surface area contributed by atoms with Crippen molar-refractivity contribution in [2.75, 3.05) is 0 Å². The number of hydrogen-bond donors (Lipinski definition) is 1. The summed E-state index contributed by atoms with van der Waals surface area (Å²) in [4.78, 5) is 0. The summed E-state index contributed by atoms with van der Waals surface area (Å²) in [5.41, 5.74) is 1.17. The van der Waals surface area contributed by atoms with Crippen LogP contribution in [0, 0.1) is 5.92 Å². The van der Waals surface area contributed by atoms with Crippen molar-refractivity contribution < 1.29 is 5.11 Å². The zero-order chi connectivity index (χ0) is 11.0. The van der Waals surface area contributed by atoms with Crippen LogP contribution in [0.5, 0.6) is 0 Å². The Labute approximate surface area is 89.2 Å². The van der Waals surface area contributed by atoms with Crippen LogP contribution in [0.25, 0.3) is 0 Å². The first kappa shape index (κ1) is 13.7. The van der Waals surface area contributed by atoms with Crippen LogP contribution in [-0.4, -0.2) is 11.2 Å². The topological polar surface area (TPSA) is 20.2 Å². The molecule has 0 fully saturated rings. The summed E-state index contributed by atoms with van der Waals surface area (Å²) < 4.78 is 0. The third kappa shape index (κ3) is 5.43. The van der Waals surface area contributed by atoms with Crippen LogP contribution >= 0.6 is 0 Å². The quantitative estimate of drug-likeness (QED) is 0.586. The van der Waals surface area contributed by atoms with Crippen LogP contribution in [0.1, 0.15) is 59.3 Å². The lowest BCUT2D eigenvalue weighted by Crippen LogP contribution is -2.20. The van der Waals surface area contributed by atoms with E-state index in [1.165, 1.54) is 18.4 Å². The molecule has 0 aliphatic carbocycles. The first-order chi connectivity index (χ1) is 6.65. The summed E-state index contributed by atoms with van der Waals surface area (Å²) in [6.45, 7) is 10.4. The van der Waals surface area contributed by atoms with Gasteiger partial charge in [-0.25, -0.2) is 0 Å². The van der Waals surface area contributed by atoms with Gasteiger partial charge in [-0.15, -0.1) is 0 Å². The van der Waals surface area contributed by atoms with Crippen molar-refractivity contribution in [1.29, 1.82) is 0 Å². The van der Waals surface area contributed by atoms with Crippen molar-refractivity contribution in [3.8, 4) is 0 Å². The van der Waals surface area contributed by atoms with Crippen LogP contribution < -0.4 is 0 Å². The van der Waals surface area contributed by atoms with Crippen LogP contribution in [0.15, 0.2) is 12.2 Å². The number of unbranched alkanes of at least 4 members (excludes halogenated alkanes) is 1. The van der Waals surface area contributed by atoms with E-state index in [4.69, 9.17) is 0 Å². The Balaban J connectivity index is 3.90. The second-order valence-corrected chi connectivity index (χ2v) is 4.19. The second-order valence-electron chi connectivity index (χ2n) is 4.19. The molecule has 0 aromatic rings. The molecule has 1 N–H and O–H groups in total. The minimum Gasteiger partial charge on any atom is -0.393 e. The maximum atomic E-state index is 9.98. The van der Waals surface area contributed by atoms with Gasteiger partial charge in [0.2, 0.25) is 0 Å². The van der Waals surface area contributed by atoms with E-state index in [0.717, 1.165) is 25.7 Å². The van der Waals surface area contributed by atoms with Crippen LogP contribution in [-0.2, 0) is 0 Å². The first-order valence-electron chi connectivity index (χ1n) is 6.00. The van der Waals surface area contributed by atoms with Crippen molar-refractivity contribution in [3.05, 3.63) is 12.2 Å². The molecule has 0 aliphatic rings. The van der Waals surface area contributed by atoms with Gasteiger partial charge in [0, 0.05) is 0 Å². The summed E-state index contributed by atoms with van der Waals surface area (Å²) in [7, 11) is 0. The highest BCUT2D eigenvalue weighted by atomic mass is 16.3. The molecule has 0 radical (unpaired) electrons. The largest absolute Gasteiger partial charge is 0.393 e. The van der Waals surface area contributed by atoms with Crippen molar-refractivity contribution in [1.82, 2.24) is 0 Å². The molecule has 0 heterocycles. The van der Waals surface area contributed by atoms with Gasteiger partial charge in [0.05, 0.1) is 6.10 Å². The molecule has 1 nitrogen and oxygen atoms in total. The maximum Gasteiger partial charge on any atom is 0.0605 e. The average molecular weight is 198 g/mol. The van der Waals surface area contributed by atoms with Crippen LogP contribution in [0.3, 0.4) is 0 Å². The van der Waals surface area contributed by atoms with Gasteiger partial charge in [-0.3, -0.25) is 0 Å². The maximum absolute atomic E-state index is 9.98. The highest BCUT2D eigenvalue weighted by molar-refractivity contribution is 4.95. The number of hydrogen-bond acceptors (Lipinski definition) is 1. The molecule has 0 saturated carbocycles. The molecular formula is C13H26O.